The van der Waals surface area contributed by atoms with E-state index in [4.69, 9.17) is 0 Å². The molecule has 0 bridgehead atoms. The Kier molecular flexibility index (Phi) is 6.04. The van der Waals surface area contributed by atoms with E-state index in [1.165, 1.54) is 12.8 Å². The number of urea groups is 1. The third-order valence-corrected chi connectivity index (χ3v) is 5.14. The van der Waals surface area contributed by atoms with E-state index in [0.717, 1.165) is 35.6 Å². The third kappa shape index (κ3) is 5.13. The zero-order valence-electron chi connectivity index (χ0n) is 16.4. The van der Waals surface area contributed by atoms with Gasteiger partial charge in [0.2, 0.25) is 0 Å². The summed E-state index contributed by atoms with van der Waals surface area (Å²) in [6.45, 7) is 3.75. The lowest BCUT2D eigenvalue weighted by Gasteiger charge is -2.17. The van der Waals surface area contributed by atoms with Gasteiger partial charge in [0.25, 0.3) is 0 Å². The maximum Gasteiger partial charge on any atom is 0.315 e. The van der Waals surface area contributed by atoms with Crippen molar-refractivity contribution in [2.75, 3.05) is 18.0 Å². The van der Waals surface area contributed by atoms with E-state index >= 15 is 0 Å². The van der Waals surface area contributed by atoms with Gasteiger partial charge in [-0.05, 0) is 47.7 Å². The molecule has 1 saturated heterocycles. The first-order valence-corrected chi connectivity index (χ1v) is 10.0. The highest BCUT2D eigenvalue weighted by molar-refractivity contribution is 5.73. The van der Waals surface area contributed by atoms with Gasteiger partial charge >= 0.3 is 6.03 Å². The SMILES string of the molecule is O=C(NCc1ccnc(N2CCCC2)c1)NCc1ccccc1Cn1cccn1. The molecule has 4 rings (SSSR count). The average Bonchev–Trinajstić information content (AvgIpc) is 3.46. The van der Waals surface area contributed by atoms with Gasteiger partial charge in [0, 0.05) is 44.8 Å². The lowest BCUT2D eigenvalue weighted by atomic mass is 10.1. The summed E-state index contributed by atoms with van der Waals surface area (Å²) in [4.78, 5) is 19.0. The number of rotatable bonds is 7. The zero-order valence-corrected chi connectivity index (χ0v) is 16.4. The van der Waals surface area contributed by atoms with Crippen molar-refractivity contribution in [3.63, 3.8) is 0 Å². The van der Waals surface area contributed by atoms with Gasteiger partial charge in [0.1, 0.15) is 5.82 Å². The van der Waals surface area contributed by atoms with Crippen LogP contribution in [-0.2, 0) is 19.6 Å². The Morgan fingerprint density at radius 1 is 0.966 bits per heavy atom. The molecule has 0 aliphatic carbocycles. The molecule has 29 heavy (non-hydrogen) atoms. The fourth-order valence-corrected chi connectivity index (χ4v) is 3.56. The minimum Gasteiger partial charge on any atom is -0.357 e. The highest BCUT2D eigenvalue weighted by atomic mass is 16.2. The standard InChI is InChI=1S/C22H26N6O/c29-22(24-15-18-8-10-23-21(14-18)27-11-3-4-12-27)25-16-19-6-1-2-7-20(19)17-28-13-5-9-26-28/h1-2,5-10,13-14H,3-4,11-12,15-17H2,(H2,24,25,29). The number of hydrogen-bond donors (Lipinski definition) is 2. The van der Waals surface area contributed by atoms with Crippen LogP contribution in [0.5, 0.6) is 0 Å². The molecule has 1 aliphatic heterocycles. The van der Waals surface area contributed by atoms with Gasteiger partial charge in [-0.1, -0.05) is 24.3 Å². The smallest absolute Gasteiger partial charge is 0.315 e. The Morgan fingerprint density at radius 2 is 1.76 bits per heavy atom. The van der Waals surface area contributed by atoms with E-state index in [0.29, 0.717) is 19.6 Å². The molecule has 0 spiro atoms. The van der Waals surface area contributed by atoms with Crippen LogP contribution in [-0.4, -0.2) is 33.9 Å². The molecular weight excluding hydrogens is 364 g/mol. The highest BCUT2D eigenvalue weighted by Crippen LogP contribution is 2.18. The van der Waals surface area contributed by atoms with E-state index in [2.05, 4.69) is 37.7 Å². The van der Waals surface area contributed by atoms with Crippen LogP contribution in [0.2, 0.25) is 0 Å². The number of benzene rings is 1. The number of amides is 2. The van der Waals surface area contributed by atoms with Crippen molar-refractivity contribution in [2.45, 2.75) is 32.5 Å². The van der Waals surface area contributed by atoms with Gasteiger partial charge in [-0.3, -0.25) is 4.68 Å². The van der Waals surface area contributed by atoms with Crippen molar-refractivity contribution in [1.82, 2.24) is 25.4 Å². The predicted octanol–water partition coefficient (Wildman–Crippen LogP) is 2.93. The van der Waals surface area contributed by atoms with Gasteiger partial charge < -0.3 is 15.5 Å². The first-order chi connectivity index (χ1) is 14.3. The molecule has 7 heteroatoms. The fourth-order valence-electron chi connectivity index (χ4n) is 3.56. The van der Waals surface area contributed by atoms with Crippen LogP contribution < -0.4 is 15.5 Å². The van der Waals surface area contributed by atoms with E-state index in [1.54, 1.807) is 6.20 Å². The predicted molar refractivity (Wildman–Crippen MR) is 113 cm³/mol. The maximum absolute atomic E-state index is 12.3. The quantitative estimate of drug-likeness (QED) is 0.650. The first-order valence-electron chi connectivity index (χ1n) is 10.0. The number of nitrogens with one attached hydrogen (secondary N) is 2. The summed E-state index contributed by atoms with van der Waals surface area (Å²) in [6.07, 6.45) is 7.95. The summed E-state index contributed by atoms with van der Waals surface area (Å²) in [5.41, 5.74) is 3.27. The largest absolute Gasteiger partial charge is 0.357 e. The summed E-state index contributed by atoms with van der Waals surface area (Å²) >= 11 is 0. The molecule has 7 nitrogen and oxygen atoms in total. The normalized spacial score (nSPS) is 13.4. The Labute approximate surface area is 170 Å². The fraction of sp³-hybridized carbons (Fsp3) is 0.318. The Bertz CT molecular complexity index is 934. The number of hydrogen-bond acceptors (Lipinski definition) is 4. The van der Waals surface area contributed by atoms with E-state index in [9.17, 15) is 4.79 Å². The van der Waals surface area contributed by atoms with Crippen LogP contribution in [0.4, 0.5) is 10.6 Å². The molecule has 2 aromatic heterocycles. The first kappa shape index (κ1) is 19.0. The van der Waals surface area contributed by atoms with E-state index < -0.39 is 0 Å². The number of nitrogens with zero attached hydrogens (tertiary/aromatic N) is 4. The molecular formula is C22H26N6O. The van der Waals surface area contributed by atoms with Gasteiger partial charge in [-0.25, -0.2) is 9.78 Å². The van der Waals surface area contributed by atoms with E-state index in [-0.39, 0.29) is 6.03 Å². The molecule has 1 aromatic carbocycles. The lowest BCUT2D eigenvalue weighted by molar-refractivity contribution is 0.240. The Morgan fingerprint density at radius 3 is 2.55 bits per heavy atom. The molecule has 150 valence electrons. The van der Waals surface area contributed by atoms with Crippen LogP contribution >= 0.6 is 0 Å². The van der Waals surface area contributed by atoms with Crippen molar-refractivity contribution in [3.05, 3.63) is 77.7 Å². The highest BCUT2D eigenvalue weighted by Gasteiger charge is 2.13. The second kappa shape index (κ2) is 9.23. The number of carbonyl (C=O) groups is 1. The molecule has 2 amide bonds. The number of anilines is 1. The summed E-state index contributed by atoms with van der Waals surface area (Å²) in [6, 6.07) is 13.8. The van der Waals surface area contributed by atoms with E-state index in [1.807, 2.05) is 47.4 Å². The topological polar surface area (TPSA) is 75.1 Å². The van der Waals surface area contributed by atoms with Crippen molar-refractivity contribution >= 4 is 11.8 Å². The third-order valence-electron chi connectivity index (χ3n) is 5.14. The monoisotopic (exact) mass is 390 g/mol. The minimum atomic E-state index is -0.182. The van der Waals surface area contributed by atoms with Crippen LogP contribution in [0, 0.1) is 0 Å². The van der Waals surface area contributed by atoms with Gasteiger partial charge in [0.05, 0.1) is 6.54 Å². The molecule has 2 N–H and O–H groups in total. The summed E-state index contributed by atoms with van der Waals surface area (Å²) in [5.74, 6) is 0.995. The van der Waals surface area contributed by atoms with Crippen LogP contribution in [0.15, 0.2) is 61.1 Å². The molecule has 0 unspecified atom stereocenters. The number of pyridine rings is 1. The van der Waals surface area contributed by atoms with Crippen molar-refractivity contribution in [1.29, 1.82) is 0 Å². The van der Waals surface area contributed by atoms with Gasteiger partial charge in [-0.2, -0.15) is 5.10 Å². The molecule has 1 fully saturated rings. The second-order valence-corrected chi connectivity index (χ2v) is 7.23. The Hall–Kier alpha value is -3.35. The molecule has 0 radical (unpaired) electrons. The molecule has 3 aromatic rings. The number of carbonyl (C=O) groups excluding carboxylic acids is 1. The summed E-state index contributed by atoms with van der Waals surface area (Å²) in [7, 11) is 0. The van der Waals surface area contributed by atoms with Gasteiger partial charge in [0.15, 0.2) is 0 Å². The molecule has 1 aliphatic rings. The molecule has 3 heterocycles. The van der Waals surface area contributed by atoms with Crippen LogP contribution in [0.25, 0.3) is 0 Å². The molecule has 0 atom stereocenters. The van der Waals surface area contributed by atoms with Crippen LogP contribution in [0.1, 0.15) is 29.5 Å². The van der Waals surface area contributed by atoms with Gasteiger partial charge in [-0.15, -0.1) is 0 Å². The van der Waals surface area contributed by atoms with Crippen molar-refractivity contribution in [3.8, 4) is 0 Å². The van der Waals surface area contributed by atoms with Crippen molar-refractivity contribution < 1.29 is 4.79 Å². The number of aromatic nitrogens is 3. The minimum absolute atomic E-state index is 0.182. The Balaban J connectivity index is 1.29. The average molecular weight is 390 g/mol. The van der Waals surface area contributed by atoms with Crippen LogP contribution in [0.3, 0.4) is 0 Å². The maximum atomic E-state index is 12.3. The summed E-state index contributed by atoms with van der Waals surface area (Å²) in [5, 5.41) is 10.1. The lowest BCUT2D eigenvalue weighted by Crippen LogP contribution is -2.34. The second-order valence-electron chi connectivity index (χ2n) is 7.23. The van der Waals surface area contributed by atoms with Crippen molar-refractivity contribution in [2.24, 2.45) is 0 Å². The zero-order chi connectivity index (χ0) is 19.9. The summed E-state index contributed by atoms with van der Waals surface area (Å²) < 4.78 is 1.88. The molecule has 0 saturated carbocycles.